The van der Waals surface area contributed by atoms with Crippen molar-refractivity contribution in [1.29, 1.82) is 0 Å². The standard InChI is InChI=1S/C16H23NO3.CH3I/c1-16(2,3)20-15(18)17-10-9-13(11-17)12-19-14-7-5-4-6-8-14;1-2/h4-8,13H,9-12H2,1-3H3;1H3. The number of hydrogen-bond acceptors (Lipinski definition) is 3. The summed E-state index contributed by atoms with van der Waals surface area (Å²) in [4.78, 5) is 15.7. The number of halogens is 1. The zero-order valence-corrected chi connectivity index (χ0v) is 16.0. The number of nitrogens with zero attached hydrogens (tertiary/aromatic N) is 1. The Hall–Kier alpha value is -0.980. The molecule has 4 nitrogen and oxygen atoms in total. The lowest BCUT2D eigenvalue weighted by Gasteiger charge is -2.24. The molecular formula is C17H26INO3. The van der Waals surface area contributed by atoms with Crippen molar-refractivity contribution in [2.75, 3.05) is 24.6 Å². The van der Waals surface area contributed by atoms with Crippen molar-refractivity contribution in [3.63, 3.8) is 0 Å². The number of para-hydroxylation sites is 1. The lowest BCUT2D eigenvalue weighted by molar-refractivity contribution is 0.0285. The number of carbonyl (C=O) groups excluding carboxylic acids is 1. The smallest absolute Gasteiger partial charge is 0.410 e. The molecule has 1 unspecified atom stereocenters. The van der Waals surface area contributed by atoms with Crippen LogP contribution in [0.25, 0.3) is 0 Å². The van der Waals surface area contributed by atoms with Gasteiger partial charge in [0.15, 0.2) is 0 Å². The van der Waals surface area contributed by atoms with Crippen LogP contribution in [0.15, 0.2) is 30.3 Å². The number of rotatable bonds is 3. The van der Waals surface area contributed by atoms with Crippen LogP contribution < -0.4 is 4.74 Å². The zero-order chi connectivity index (χ0) is 16.6. The summed E-state index contributed by atoms with van der Waals surface area (Å²) >= 11 is 2.15. The molecule has 2 rings (SSSR count). The van der Waals surface area contributed by atoms with Gasteiger partial charge in [0.1, 0.15) is 11.4 Å². The molecule has 5 heteroatoms. The molecule has 1 atom stereocenters. The van der Waals surface area contributed by atoms with E-state index in [1.165, 1.54) is 0 Å². The summed E-state index contributed by atoms with van der Waals surface area (Å²) < 4.78 is 11.1. The first-order valence-corrected chi connectivity index (χ1v) is 9.63. The first kappa shape index (κ1) is 19.1. The summed E-state index contributed by atoms with van der Waals surface area (Å²) in [6.07, 6.45) is 0.742. The van der Waals surface area contributed by atoms with Gasteiger partial charge in [0.25, 0.3) is 0 Å². The maximum absolute atomic E-state index is 11.9. The monoisotopic (exact) mass is 419 g/mol. The molecule has 1 saturated heterocycles. The molecule has 0 aromatic heterocycles. The van der Waals surface area contributed by atoms with Crippen LogP contribution in [0.2, 0.25) is 0 Å². The minimum atomic E-state index is -0.435. The molecule has 1 aromatic carbocycles. The van der Waals surface area contributed by atoms with Crippen molar-refractivity contribution in [3.05, 3.63) is 30.3 Å². The average molecular weight is 419 g/mol. The molecule has 0 aliphatic carbocycles. The van der Waals surface area contributed by atoms with Crippen molar-refractivity contribution in [3.8, 4) is 5.75 Å². The normalized spacial score (nSPS) is 17.5. The van der Waals surface area contributed by atoms with Crippen LogP contribution in [0.3, 0.4) is 0 Å². The summed E-state index contributed by atoms with van der Waals surface area (Å²) in [5, 5.41) is 0. The van der Waals surface area contributed by atoms with Gasteiger partial charge in [-0.15, -0.1) is 0 Å². The molecule has 0 spiro atoms. The molecule has 0 radical (unpaired) electrons. The molecule has 1 aromatic rings. The number of benzene rings is 1. The maximum atomic E-state index is 11.9. The average Bonchev–Trinajstić information content (AvgIpc) is 2.96. The molecule has 0 bridgehead atoms. The van der Waals surface area contributed by atoms with Crippen LogP contribution in [0.5, 0.6) is 5.75 Å². The van der Waals surface area contributed by atoms with Gasteiger partial charge in [-0.3, -0.25) is 0 Å². The van der Waals surface area contributed by atoms with Gasteiger partial charge in [-0.05, 0) is 44.3 Å². The van der Waals surface area contributed by atoms with E-state index < -0.39 is 5.60 Å². The van der Waals surface area contributed by atoms with Gasteiger partial charge in [0.2, 0.25) is 0 Å². The first-order chi connectivity index (χ1) is 10.4. The van der Waals surface area contributed by atoms with Gasteiger partial charge >= 0.3 is 6.09 Å². The number of carbonyl (C=O) groups is 1. The highest BCUT2D eigenvalue weighted by molar-refractivity contribution is 14.1. The van der Waals surface area contributed by atoms with Gasteiger partial charge in [0, 0.05) is 19.0 Å². The number of amides is 1. The summed E-state index contributed by atoms with van der Waals surface area (Å²) in [6, 6.07) is 9.77. The minimum Gasteiger partial charge on any atom is -0.493 e. The van der Waals surface area contributed by atoms with E-state index in [1.54, 1.807) is 4.90 Å². The molecule has 1 heterocycles. The summed E-state index contributed by atoms with van der Waals surface area (Å²) in [7, 11) is 0. The van der Waals surface area contributed by atoms with Crippen LogP contribution >= 0.6 is 22.6 Å². The van der Waals surface area contributed by atoms with E-state index in [1.807, 2.05) is 56.0 Å². The SMILES string of the molecule is CC(C)(C)OC(=O)N1CCC(COc2ccccc2)C1.CI. The van der Waals surface area contributed by atoms with E-state index >= 15 is 0 Å². The number of alkyl halides is 1. The molecule has 1 amide bonds. The second-order valence-corrected chi connectivity index (χ2v) is 6.21. The van der Waals surface area contributed by atoms with Crippen molar-refractivity contribution in [1.82, 2.24) is 4.90 Å². The molecule has 22 heavy (non-hydrogen) atoms. The van der Waals surface area contributed by atoms with Crippen LogP contribution in [0.4, 0.5) is 4.79 Å². The molecule has 1 fully saturated rings. The third-order valence-corrected chi connectivity index (χ3v) is 3.17. The molecule has 1 aliphatic rings. The fourth-order valence-corrected chi connectivity index (χ4v) is 2.19. The molecule has 0 saturated carbocycles. The third kappa shape index (κ3) is 6.85. The topological polar surface area (TPSA) is 38.8 Å². The Morgan fingerprint density at radius 2 is 1.91 bits per heavy atom. The zero-order valence-electron chi connectivity index (χ0n) is 13.8. The van der Waals surface area contributed by atoms with E-state index in [-0.39, 0.29) is 6.09 Å². The Morgan fingerprint density at radius 1 is 1.27 bits per heavy atom. The van der Waals surface area contributed by atoms with E-state index in [2.05, 4.69) is 22.6 Å². The lowest BCUT2D eigenvalue weighted by atomic mass is 10.1. The van der Waals surface area contributed by atoms with Gasteiger partial charge in [-0.25, -0.2) is 4.79 Å². The Bertz CT molecular complexity index is 445. The fraction of sp³-hybridized carbons (Fsp3) is 0.588. The molecular weight excluding hydrogens is 393 g/mol. The van der Waals surface area contributed by atoms with Gasteiger partial charge in [-0.2, -0.15) is 0 Å². The fourth-order valence-electron chi connectivity index (χ4n) is 2.19. The molecule has 1 aliphatic heterocycles. The van der Waals surface area contributed by atoms with Crippen LogP contribution in [0, 0.1) is 5.92 Å². The summed E-state index contributed by atoms with van der Waals surface area (Å²) in [5.74, 6) is 1.26. The van der Waals surface area contributed by atoms with Gasteiger partial charge in [-0.1, -0.05) is 40.8 Å². The van der Waals surface area contributed by atoms with Crippen LogP contribution in [0.1, 0.15) is 27.2 Å². The predicted molar refractivity (Wildman–Crippen MR) is 97.8 cm³/mol. The molecule has 0 N–H and O–H groups in total. The second-order valence-electron chi connectivity index (χ2n) is 6.21. The maximum Gasteiger partial charge on any atom is 0.410 e. The van der Waals surface area contributed by atoms with Crippen LogP contribution in [-0.4, -0.2) is 41.2 Å². The first-order valence-electron chi connectivity index (χ1n) is 7.47. The predicted octanol–water partition coefficient (Wildman–Crippen LogP) is 4.37. The summed E-state index contributed by atoms with van der Waals surface area (Å²) in [5.41, 5.74) is -0.435. The highest BCUT2D eigenvalue weighted by Gasteiger charge is 2.29. The molecule has 124 valence electrons. The Labute approximate surface area is 147 Å². The minimum absolute atomic E-state index is 0.222. The van der Waals surface area contributed by atoms with E-state index in [0.29, 0.717) is 19.1 Å². The quantitative estimate of drug-likeness (QED) is 0.540. The van der Waals surface area contributed by atoms with E-state index in [0.717, 1.165) is 18.7 Å². The number of hydrogen-bond donors (Lipinski definition) is 0. The van der Waals surface area contributed by atoms with Crippen molar-refractivity contribution in [2.24, 2.45) is 5.92 Å². The van der Waals surface area contributed by atoms with Crippen molar-refractivity contribution in [2.45, 2.75) is 32.8 Å². The number of ether oxygens (including phenoxy) is 2. The van der Waals surface area contributed by atoms with E-state index in [4.69, 9.17) is 9.47 Å². The third-order valence-electron chi connectivity index (χ3n) is 3.17. The van der Waals surface area contributed by atoms with E-state index in [9.17, 15) is 4.79 Å². The van der Waals surface area contributed by atoms with Crippen LogP contribution in [-0.2, 0) is 4.74 Å². The summed E-state index contributed by atoms with van der Waals surface area (Å²) in [6.45, 7) is 7.76. The largest absolute Gasteiger partial charge is 0.493 e. The van der Waals surface area contributed by atoms with Gasteiger partial charge < -0.3 is 14.4 Å². The van der Waals surface area contributed by atoms with Crippen molar-refractivity contribution >= 4 is 28.7 Å². The Balaban J connectivity index is 0.00000116. The highest BCUT2D eigenvalue weighted by Crippen LogP contribution is 2.20. The highest BCUT2D eigenvalue weighted by atomic mass is 127. The number of likely N-dealkylation sites (tertiary alicyclic amines) is 1. The second kappa shape index (κ2) is 9.22. The van der Waals surface area contributed by atoms with Crippen molar-refractivity contribution < 1.29 is 14.3 Å². The Morgan fingerprint density at radius 3 is 2.50 bits per heavy atom. The lowest BCUT2D eigenvalue weighted by Crippen LogP contribution is -2.35. The van der Waals surface area contributed by atoms with Gasteiger partial charge in [0.05, 0.1) is 6.61 Å². The Kier molecular flexibility index (Phi) is 8.00.